The molecule has 0 aliphatic carbocycles. The van der Waals surface area contributed by atoms with Crippen molar-refractivity contribution in [3.63, 3.8) is 0 Å². The summed E-state index contributed by atoms with van der Waals surface area (Å²) in [5.41, 5.74) is 4.13. The van der Waals surface area contributed by atoms with E-state index in [-0.39, 0.29) is 0 Å². The topological polar surface area (TPSA) is 22.3 Å². The van der Waals surface area contributed by atoms with Crippen LogP contribution >= 0.6 is 0 Å². The largest absolute Gasteiger partial charge is 0.368 e. The van der Waals surface area contributed by atoms with Crippen LogP contribution in [0.1, 0.15) is 52.5 Å². The van der Waals surface area contributed by atoms with Crippen molar-refractivity contribution in [2.24, 2.45) is 0 Å². The van der Waals surface area contributed by atoms with Gasteiger partial charge >= 0.3 is 0 Å². The zero-order valence-corrected chi connectivity index (χ0v) is 15.5. The monoisotopic (exact) mass is 315 g/mol. The Bertz CT molecular complexity index is 592. The molecule has 0 amide bonds. The number of hydrogen-bond donors (Lipinski definition) is 1. The van der Waals surface area contributed by atoms with Gasteiger partial charge in [-0.1, -0.05) is 40.7 Å². The molecule has 1 aromatic heterocycles. The van der Waals surface area contributed by atoms with Crippen molar-refractivity contribution in [2.75, 3.05) is 37.6 Å². The second-order valence-electron chi connectivity index (χ2n) is 6.42. The fourth-order valence-corrected chi connectivity index (χ4v) is 3.45. The first-order valence-corrected chi connectivity index (χ1v) is 9.28. The number of piperazine rings is 1. The summed E-state index contributed by atoms with van der Waals surface area (Å²) in [5.74, 6) is 0.557. The van der Waals surface area contributed by atoms with E-state index >= 15 is 0 Å². The molecule has 3 nitrogen and oxygen atoms in total. The third-order valence-corrected chi connectivity index (χ3v) is 4.61. The van der Waals surface area contributed by atoms with Crippen molar-refractivity contribution >= 4 is 16.6 Å². The summed E-state index contributed by atoms with van der Waals surface area (Å²) in [6.45, 7) is 16.7. The molecule has 1 fully saturated rings. The SMILES string of the molecule is CC.CCCN1CCN(c2ccc(C(C)C)c3[nH]ccc23)CC1. The van der Waals surface area contributed by atoms with Crippen LogP contribution < -0.4 is 4.90 Å². The second-order valence-corrected chi connectivity index (χ2v) is 6.42. The van der Waals surface area contributed by atoms with Crippen molar-refractivity contribution in [3.8, 4) is 0 Å². The van der Waals surface area contributed by atoms with Crippen molar-refractivity contribution in [2.45, 2.75) is 47.0 Å². The van der Waals surface area contributed by atoms with Gasteiger partial charge in [-0.05, 0) is 36.6 Å². The molecule has 128 valence electrons. The summed E-state index contributed by atoms with van der Waals surface area (Å²) < 4.78 is 0. The molecule has 0 unspecified atom stereocenters. The lowest BCUT2D eigenvalue weighted by Gasteiger charge is -2.36. The first-order chi connectivity index (χ1) is 11.2. The molecule has 0 spiro atoms. The average Bonchev–Trinajstić information content (AvgIpc) is 3.06. The van der Waals surface area contributed by atoms with Crippen LogP contribution in [0.2, 0.25) is 0 Å². The molecule has 0 bridgehead atoms. The van der Waals surface area contributed by atoms with Crippen LogP contribution in [0.15, 0.2) is 24.4 Å². The number of nitrogens with zero attached hydrogens (tertiary/aromatic N) is 2. The van der Waals surface area contributed by atoms with Crippen molar-refractivity contribution in [3.05, 3.63) is 30.0 Å². The van der Waals surface area contributed by atoms with E-state index in [0.29, 0.717) is 5.92 Å². The van der Waals surface area contributed by atoms with Crippen molar-refractivity contribution in [1.82, 2.24) is 9.88 Å². The van der Waals surface area contributed by atoms with Crippen LogP contribution in [-0.4, -0.2) is 42.6 Å². The predicted octanol–water partition coefficient (Wildman–Crippen LogP) is 4.85. The molecule has 0 saturated carbocycles. The summed E-state index contributed by atoms with van der Waals surface area (Å²) in [6, 6.07) is 6.85. The zero-order valence-electron chi connectivity index (χ0n) is 15.5. The summed E-state index contributed by atoms with van der Waals surface area (Å²) in [5, 5.41) is 1.38. The normalized spacial score (nSPS) is 15.8. The van der Waals surface area contributed by atoms with Gasteiger partial charge in [0, 0.05) is 43.4 Å². The van der Waals surface area contributed by atoms with E-state index in [9.17, 15) is 0 Å². The fraction of sp³-hybridized carbons (Fsp3) is 0.600. The van der Waals surface area contributed by atoms with Gasteiger partial charge in [-0.15, -0.1) is 0 Å². The summed E-state index contributed by atoms with van der Waals surface area (Å²) >= 11 is 0. The molecule has 23 heavy (non-hydrogen) atoms. The number of H-pyrrole nitrogens is 1. The van der Waals surface area contributed by atoms with Crippen molar-refractivity contribution in [1.29, 1.82) is 0 Å². The number of nitrogens with one attached hydrogen (secondary N) is 1. The Morgan fingerprint density at radius 1 is 1.04 bits per heavy atom. The third-order valence-electron chi connectivity index (χ3n) is 4.61. The van der Waals surface area contributed by atoms with Gasteiger partial charge in [-0.2, -0.15) is 0 Å². The molecule has 1 aliphatic heterocycles. The van der Waals surface area contributed by atoms with Crippen LogP contribution in [0.5, 0.6) is 0 Å². The minimum atomic E-state index is 0.557. The summed E-state index contributed by atoms with van der Waals surface area (Å²) in [6.07, 6.45) is 3.33. The fourth-order valence-electron chi connectivity index (χ4n) is 3.45. The molecule has 3 rings (SSSR count). The number of fused-ring (bicyclic) bond motifs is 1. The van der Waals surface area contributed by atoms with E-state index in [4.69, 9.17) is 0 Å². The quantitative estimate of drug-likeness (QED) is 0.871. The highest BCUT2D eigenvalue weighted by Crippen LogP contribution is 2.32. The van der Waals surface area contributed by atoms with E-state index in [2.05, 4.69) is 60.0 Å². The minimum Gasteiger partial charge on any atom is -0.368 e. The molecule has 0 atom stereocenters. The lowest BCUT2D eigenvalue weighted by Crippen LogP contribution is -2.46. The van der Waals surface area contributed by atoms with Gasteiger partial charge in [0.05, 0.1) is 5.52 Å². The zero-order chi connectivity index (χ0) is 16.8. The smallest absolute Gasteiger partial charge is 0.0510 e. The van der Waals surface area contributed by atoms with Crippen molar-refractivity contribution < 1.29 is 0 Å². The Balaban J connectivity index is 0.000000924. The highest BCUT2D eigenvalue weighted by Gasteiger charge is 2.19. The highest BCUT2D eigenvalue weighted by atomic mass is 15.3. The summed E-state index contributed by atoms with van der Waals surface area (Å²) in [7, 11) is 0. The standard InChI is InChI=1S/C18H27N3.C2H6/c1-4-9-20-10-12-21(13-11-20)17-6-5-15(14(2)3)18-16(17)7-8-19-18;1-2/h5-8,14,19H,4,9-13H2,1-3H3;1-2H3. The Morgan fingerprint density at radius 3 is 2.35 bits per heavy atom. The average molecular weight is 316 g/mol. The van der Waals surface area contributed by atoms with Gasteiger partial charge < -0.3 is 9.88 Å². The van der Waals surface area contributed by atoms with E-state index in [0.717, 1.165) is 13.1 Å². The maximum absolute atomic E-state index is 3.44. The second kappa shape index (κ2) is 8.39. The Morgan fingerprint density at radius 2 is 1.74 bits per heavy atom. The van der Waals surface area contributed by atoms with E-state index in [1.54, 1.807) is 0 Å². The number of anilines is 1. The Hall–Kier alpha value is -1.48. The van der Waals surface area contributed by atoms with E-state index in [1.807, 2.05) is 13.8 Å². The van der Waals surface area contributed by atoms with Crippen LogP contribution in [0.3, 0.4) is 0 Å². The number of aromatic nitrogens is 1. The van der Waals surface area contributed by atoms with Gasteiger partial charge in [0.25, 0.3) is 0 Å². The number of benzene rings is 1. The molecular formula is C20H33N3. The molecule has 1 saturated heterocycles. The van der Waals surface area contributed by atoms with E-state index < -0.39 is 0 Å². The highest BCUT2D eigenvalue weighted by molar-refractivity contribution is 5.94. The molecule has 1 aromatic carbocycles. The molecule has 0 radical (unpaired) electrons. The molecule has 1 N–H and O–H groups in total. The van der Waals surface area contributed by atoms with Gasteiger partial charge in [0.1, 0.15) is 0 Å². The maximum Gasteiger partial charge on any atom is 0.0510 e. The lowest BCUT2D eigenvalue weighted by molar-refractivity contribution is 0.258. The molecule has 1 aliphatic rings. The Kier molecular flexibility index (Phi) is 6.52. The first kappa shape index (κ1) is 17.9. The maximum atomic E-state index is 3.44. The van der Waals surface area contributed by atoms with Crippen LogP contribution in [0.25, 0.3) is 10.9 Å². The molecule has 3 heteroatoms. The van der Waals surface area contributed by atoms with Gasteiger partial charge in [0.2, 0.25) is 0 Å². The number of rotatable bonds is 4. The number of aromatic amines is 1. The van der Waals surface area contributed by atoms with Crippen LogP contribution in [-0.2, 0) is 0 Å². The molecular weight excluding hydrogens is 282 g/mol. The van der Waals surface area contributed by atoms with Gasteiger partial charge in [-0.3, -0.25) is 4.90 Å². The number of hydrogen-bond acceptors (Lipinski definition) is 2. The molecule has 2 aromatic rings. The van der Waals surface area contributed by atoms with E-state index in [1.165, 1.54) is 48.2 Å². The first-order valence-electron chi connectivity index (χ1n) is 9.28. The van der Waals surface area contributed by atoms with Crippen LogP contribution in [0, 0.1) is 0 Å². The summed E-state index contributed by atoms with van der Waals surface area (Å²) in [4.78, 5) is 8.57. The third kappa shape index (κ3) is 3.89. The van der Waals surface area contributed by atoms with Gasteiger partial charge in [0.15, 0.2) is 0 Å². The van der Waals surface area contributed by atoms with Crippen LogP contribution in [0.4, 0.5) is 5.69 Å². The molecule has 2 heterocycles. The lowest BCUT2D eigenvalue weighted by atomic mass is 9.99. The van der Waals surface area contributed by atoms with Gasteiger partial charge in [-0.25, -0.2) is 0 Å². The minimum absolute atomic E-state index is 0.557. The predicted molar refractivity (Wildman–Crippen MR) is 103 cm³/mol. The Labute approximate surface area is 141 Å².